The van der Waals surface area contributed by atoms with Crippen molar-refractivity contribution >= 4 is 39.0 Å². The smallest absolute Gasteiger partial charge is 0.150 e. The number of rotatable bonds is 2. The lowest BCUT2D eigenvalue weighted by Crippen LogP contribution is -1.95. The molecule has 0 aliphatic rings. The molecule has 0 saturated heterocycles. The van der Waals surface area contributed by atoms with Crippen molar-refractivity contribution in [3.8, 4) is 0 Å². The van der Waals surface area contributed by atoms with E-state index in [-0.39, 0.29) is 0 Å². The molecule has 0 aliphatic heterocycles. The van der Waals surface area contributed by atoms with Gasteiger partial charge < -0.3 is 5.32 Å². The molecule has 1 heterocycles. The van der Waals surface area contributed by atoms with Crippen LogP contribution in [0.1, 0.15) is 5.56 Å². The molecule has 0 aliphatic carbocycles. The topological polar surface area (TPSA) is 37.8 Å². The number of anilines is 2. The van der Waals surface area contributed by atoms with Gasteiger partial charge >= 0.3 is 0 Å². The molecule has 0 fully saturated rings. The molecule has 3 nitrogen and oxygen atoms in total. The maximum Gasteiger partial charge on any atom is 0.150 e. The molecule has 16 heavy (non-hydrogen) atoms. The summed E-state index contributed by atoms with van der Waals surface area (Å²) in [5, 5.41) is 3.52. The molecular formula is C11H9BrClN3. The summed E-state index contributed by atoms with van der Waals surface area (Å²) in [6.45, 7) is 2.03. The highest BCUT2D eigenvalue weighted by Crippen LogP contribution is 2.26. The van der Waals surface area contributed by atoms with Crippen molar-refractivity contribution in [2.24, 2.45) is 0 Å². The summed E-state index contributed by atoms with van der Waals surface area (Å²) in [4.78, 5) is 8.07. The molecule has 1 aromatic carbocycles. The first-order chi connectivity index (χ1) is 7.65. The lowest BCUT2D eigenvalue weighted by Gasteiger charge is -2.08. The first kappa shape index (κ1) is 11.4. The third-order valence-electron chi connectivity index (χ3n) is 1.99. The first-order valence-corrected chi connectivity index (χ1v) is 5.83. The van der Waals surface area contributed by atoms with E-state index in [2.05, 4.69) is 31.2 Å². The third-order valence-corrected chi connectivity index (χ3v) is 2.86. The Kier molecular flexibility index (Phi) is 3.41. The average Bonchev–Trinajstić information content (AvgIpc) is 2.24. The lowest BCUT2D eigenvalue weighted by atomic mass is 10.2. The second kappa shape index (κ2) is 4.80. The van der Waals surface area contributed by atoms with Crippen LogP contribution in [-0.4, -0.2) is 9.97 Å². The van der Waals surface area contributed by atoms with Gasteiger partial charge in [0.25, 0.3) is 0 Å². The Morgan fingerprint density at radius 3 is 2.88 bits per heavy atom. The fourth-order valence-corrected chi connectivity index (χ4v) is 1.77. The minimum absolute atomic E-state index is 0.369. The fraction of sp³-hybridized carbons (Fsp3) is 0.0909. The molecule has 0 unspecified atom stereocenters. The molecule has 0 atom stereocenters. The summed E-state index contributed by atoms with van der Waals surface area (Å²) in [7, 11) is 0. The van der Waals surface area contributed by atoms with E-state index in [0.717, 1.165) is 10.2 Å². The number of nitrogens with zero attached hydrogens (tertiary/aromatic N) is 2. The van der Waals surface area contributed by atoms with Crippen LogP contribution in [0.3, 0.4) is 0 Å². The minimum Gasteiger partial charge on any atom is -0.338 e. The zero-order valence-electron chi connectivity index (χ0n) is 8.54. The monoisotopic (exact) mass is 297 g/mol. The molecule has 0 spiro atoms. The van der Waals surface area contributed by atoms with Crippen LogP contribution in [0.4, 0.5) is 11.5 Å². The SMILES string of the molecule is Cc1ccc(Br)c(Nc2cncc(Cl)n2)c1. The van der Waals surface area contributed by atoms with Crippen molar-refractivity contribution in [1.82, 2.24) is 9.97 Å². The summed E-state index contributed by atoms with van der Waals surface area (Å²) < 4.78 is 0.972. The molecule has 0 bridgehead atoms. The zero-order valence-corrected chi connectivity index (χ0v) is 10.9. The standard InChI is InChI=1S/C11H9BrClN3/c1-7-2-3-8(12)9(4-7)15-11-6-14-5-10(13)16-11/h2-6H,1H3,(H,15,16). The van der Waals surface area contributed by atoms with Gasteiger partial charge in [-0.25, -0.2) is 4.98 Å². The third kappa shape index (κ3) is 2.71. The lowest BCUT2D eigenvalue weighted by molar-refractivity contribution is 1.20. The van der Waals surface area contributed by atoms with Crippen molar-refractivity contribution in [1.29, 1.82) is 0 Å². The predicted molar refractivity (Wildman–Crippen MR) is 69.2 cm³/mol. The van der Waals surface area contributed by atoms with Crippen LogP contribution in [0, 0.1) is 6.92 Å². The van der Waals surface area contributed by atoms with Crippen molar-refractivity contribution in [3.63, 3.8) is 0 Å². The van der Waals surface area contributed by atoms with Crippen LogP contribution in [0.2, 0.25) is 5.15 Å². The Hall–Kier alpha value is -1.13. The largest absolute Gasteiger partial charge is 0.338 e. The molecule has 0 amide bonds. The van der Waals surface area contributed by atoms with Gasteiger partial charge in [0.2, 0.25) is 0 Å². The molecule has 5 heteroatoms. The van der Waals surface area contributed by atoms with Crippen LogP contribution in [0.15, 0.2) is 35.1 Å². The van der Waals surface area contributed by atoms with E-state index in [4.69, 9.17) is 11.6 Å². The summed E-state index contributed by atoms with van der Waals surface area (Å²) >= 11 is 9.22. The van der Waals surface area contributed by atoms with Gasteiger partial charge in [0.05, 0.1) is 18.1 Å². The van der Waals surface area contributed by atoms with Gasteiger partial charge in [0.1, 0.15) is 5.15 Å². The van der Waals surface area contributed by atoms with E-state index in [0.29, 0.717) is 11.0 Å². The molecule has 0 radical (unpaired) electrons. The van der Waals surface area contributed by atoms with E-state index in [1.807, 2.05) is 25.1 Å². The van der Waals surface area contributed by atoms with Gasteiger partial charge in [0, 0.05) is 4.47 Å². The van der Waals surface area contributed by atoms with Crippen molar-refractivity contribution < 1.29 is 0 Å². The molecule has 2 aromatic rings. The van der Waals surface area contributed by atoms with Crippen LogP contribution in [-0.2, 0) is 0 Å². The van der Waals surface area contributed by atoms with Crippen LogP contribution >= 0.6 is 27.5 Å². The Bertz CT molecular complexity index is 516. The fourth-order valence-electron chi connectivity index (χ4n) is 1.28. The van der Waals surface area contributed by atoms with Crippen molar-refractivity contribution in [3.05, 3.63) is 45.8 Å². The van der Waals surface area contributed by atoms with Gasteiger partial charge in [-0.05, 0) is 40.5 Å². The Balaban J connectivity index is 2.30. The predicted octanol–water partition coefficient (Wildman–Crippen LogP) is 3.94. The second-order valence-corrected chi connectivity index (χ2v) is 4.58. The Morgan fingerprint density at radius 1 is 1.31 bits per heavy atom. The molecule has 1 N–H and O–H groups in total. The molecule has 82 valence electrons. The maximum atomic E-state index is 5.76. The van der Waals surface area contributed by atoms with E-state index in [1.165, 1.54) is 11.8 Å². The second-order valence-electron chi connectivity index (χ2n) is 3.34. The summed E-state index contributed by atoms with van der Waals surface area (Å²) in [5.74, 6) is 0.624. The highest BCUT2D eigenvalue weighted by molar-refractivity contribution is 9.10. The summed E-state index contributed by atoms with van der Waals surface area (Å²) in [6.07, 6.45) is 3.12. The Labute approximate surface area is 107 Å². The average molecular weight is 299 g/mol. The van der Waals surface area contributed by atoms with Gasteiger partial charge in [-0.2, -0.15) is 0 Å². The number of nitrogens with one attached hydrogen (secondary N) is 1. The number of hydrogen-bond donors (Lipinski definition) is 1. The normalized spacial score (nSPS) is 10.2. The van der Waals surface area contributed by atoms with Gasteiger partial charge in [0.15, 0.2) is 5.82 Å². The Morgan fingerprint density at radius 2 is 2.12 bits per heavy atom. The molecule has 0 saturated carbocycles. The number of aromatic nitrogens is 2. The van der Waals surface area contributed by atoms with E-state index in [1.54, 1.807) is 6.20 Å². The van der Waals surface area contributed by atoms with E-state index < -0.39 is 0 Å². The van der Waals surface area contributed by atoms with Gasteiger partial charge in [-0.1, -0.05) is 17.7 Å². The maximum absolute atomic E-state index is 5.76. The van der Waals surface area contributed by atoms with Gasteiger partial charge in [-0.3, -0.25) is 4.98 Å². The zero-order chi connectivity index (χ0) is 11.5. The highest BCUT2D eigenvalue weighted by atomic mass is 79.9. The summed E-state index contributed by atoms with van der Waals surface area (Å²) in [6, 6.07) is 6.03. The minimum atomic E-state index is 0.369. The first-order valence-electron chi connectivity index (χ1n) is 4.66. The highest BCUT2D eigenvalue weighted by Gasteiger charge is 2.02. The number of halogens is 2. The van der Waals surface area contributed by atoms with Crippen LogP contribution in [0.25, 0.3) is 0 Å². The van der Waals surface area contributed by atoms with Gasteiger partial charge in [-0.15, -0.1) is 0 Å². The molecule has 2 rings (SSSR count). The number of aryl methyl sites for hydroxylation is 1. The van der Waals surface area contributed by atoms with E-state index >= 15 is 0 Å². The van der Waals surface area contributed by atoms with Crippen LogP contribution in [0.5, 0.6) is 0 Å². The molecule has 1 aromatic heterocycles. The van der Waals surface area contributed by atoms with E-state index in [9.17, 15) is 0 Å². The summed E-state index contributed by atoms with van der Waals surface area (Å²) in [5.41, 5.74) is 2.11. The van der Waals surface area contributed by atoms with Crippen molar-refractivity contribution in [2.75, 3.05) is 5.32 Å². The molecular weight excluding hydrogens is 289 g/mol. The number of hydrogen-bond acceptors (Lipinski definition) is 3. The van der Waals surface area contributed by atoms with Crippen molar-refractivity contribution in [2.45, 2.75) is 6.92 Å². The quantitative estimate of drug-likeness (QED) is 0.912. The van der Waals surface area contributed by atoms with Crippen LogP contribution < -0.4 is 5.32 Å². The number of benzene rings is 1.